The van der Waals surface area contributed by atoms with Crippen LogP contribution < -0.4 is 9.47 Å². The number of nitrogens with zero attached hydrogens (tertiary/aromatic N) is 2. The van der Waals surface area contributed by atoms with Crippen LogP contribution in [0.25, 0.3) is 0 Å². The van der Waals surface area contributed by atoms with Crippen molar-refractivity contribution in [3.8, 4) is 11.5 Å². The van der Waals surface area contributed by atoms with Crippen LogP contribution in [0.2, 0.25) is 5.02 Å². The third-order valence-electron chi connectivity index (χ3n) is 3.02. The van der Waals surface area contributed by atoms with E-state index in [9.17, 15) is 5.11 Å². The van der Waals surface area contributed by atoms with Gasteiger partial charge in [0.15, 0.2) is 11.5 Å². The zero-order valence-electron chi connectivity index (χ0n) is 10.3. The Morgan fingerprint density at radius 1 is 1.47 bits per heavy atom. The van der Waals surface area contributed by atoms with Crippen molar-refractivity contribution in [2.45, 2.75) is 12.5 Å². The van der Waals surface area contributed by atoms with Crippen molar-refractivity contribution in [1.29, 1.82) is 0 Å². The van der Waals surface area contributed by atoms with Crippen LogP contribution in [0.15, 0.2) is 24.5 Å². The lowest BCUT2D eigenvalue weighted by molar-refractivity contribution is 0.171. The van der Waals surface area contributed by atoms with Gasteiger partial charge in [0, 0.05) is 19.7 Å². The summed E-state index contributed by atoms with van der Waals surface area (Å²) in [6.07, 6.45) is 3.43. The minimum absolute atomic E-state index is 0.164. The number of fused-ring (bicyclic) bond motifs is 1. The van der Waals surface area contributed by atoms with Gasteiger partial charge in [-0.25, -0.2) is 0 Å². The van der Waals surface area contributed by atoms with E-state index in [0.29, 0.717) is 28.5 Å². The molecule has 1 unspecified atom stereocenters. The van der Waals surface area contributed by atoms with Crippen LogP contribution >= 0.6 is 11.6 Å². The Balaban J connectivity index is 1.84. The van der Waals surface area contributed by atoms with Crippen LogP contribution in [0.5, 0.6) is 11.5 Å². The summed E-state index contributed by atoms with van der Waals surface area (Å²) in [6.45, 7) is 0.164. The van der Waals surface area contributed by atoms with E-state index < -0.39 is 6.10 Å². The Kier molecular flexibility index (Phi) is 3.08. The van der Waals surface area contributed by atoms with Crippen LogP contribution in [0.3, 0.4) is 0 Å². The van der Waals surface area contributed by atoms with Gasteiger partial charge in [0.25, 0.3) is 0 Å². The molecule has 0 saturated heterocycles. The zero-order valence-corrected chi connectivity index (χ0v) is 11.1. The van der Waals surface area contributed by atoms with E-state index in [2.05, 4.69) is 5.10 Å². The lowest BCUT2D eigenvalue weighted by Crippen LogP contribution is -2.01. The Labute approximate surface area is 115 Å². The monoisotopic (exact) mass is 280 g/mol. The summed E-state index contributed by atoms with van der Waals surface area (Å²) in [5.41, 5.74) is 1.67. The highest BCUT2D eigenvalue weighted by atomic mass is 35.5. The lowest BCUT2D eigenvalue weighted by atomic mass is 10.0. The van der Waals surface area contributed by atoms with Crippen molar-refractivity contribution in [3.05, 3.63) is 40.7 Å². The van der Waals surface area contributed by atoms with Gasteiger partial charge in [0.2, 0.25) is 6.79 Å². The second-order valence-corrected chi connectivity index (χ2v) is 4.89. The van der Waals surface area contributed by atoms with Crippen molar-refractivity contribution in [3.63, 3.8) is 0 Å². The molecule has 1 aliphatic rings. The van der Waals surface area contributed by atoms with Gasteiger partial charge in [-0.2, -0.15) is 5.10 Å². The number of benzene rings is 1. The van der Waals surface area contributed by atoms with Crippen molar-refractivity contribution in [2.75, 3.05) is 6.79 Å². The smallest absolute Gasteiger partial charge is 0.231 e. The number of hydrogen-bond donors (Lipinski definition) is 1. The molecular weight excluding hydrogens is 268 g/mol. The summed E-state index contributed by atoms with van der Waals surface area (Å²) < 4.78 is 12.2. The summed E-state index contributed by atoms with van der Waals surface area (Å²) in [5, 5.41) is 14.8. The molecule has 0 radical (unpaired) electrons. The standard InChI is InChI=1S/C13H13ClN2O3/c1-16-6-8(5-15-16)2-11(17)9-3-10(14)13-12(4-9)18-7-19-13/h3-6,11,17H,2,7H2,1H3. The first-order chi connectivity index (χ1) is 9.13. The molecule has 0 aliphatic carbocycles. The maximum atomic E-state index is 10.2. The average molecular weight is 281 g/mol. The van der Waals surface area contributed by atoms with E-state index in [-0.39, 0.29) is 6.79 Å². The highest BCUT2D eigenvalue weighted by Gasteiger charge is 2.21. The Morgan fingerprint density at radius 2 is 2.32 bits per heavy atom. The van der Waals surface area contributed by atoms with Gasteiger partial charge >= 0.3 is 0 Å². The number of aliphatic hydroxyl groups excluding tert-OH is 1. The molecule has 0 saturated carbocycles. The van der Waals surface area contributed by atoms with Gasteiger partial charge < -0.3 is 14.6 Å². The number of rotatable bonds is 3. The maximum Gasteiger partial charge on any atom is 0.231 e. The van der Waals surface area contributed by atoms with Gasteiger partial charge in [-0.3, -0.25) is 4.68 Å². The largest absolute Gasteiger partial charge is 0.454 e. The third kappa shape index (κ3) is 2.39. The number of halogens is 1. The fraction of sp³-hybridized carbons (Fsp3) is 0.308. The number of aromatic nitrogens is 2. The summed E-state index contributed by atoms with van der Waals surface area (Å²) in [5.74, 6) is 1.12. The van der Waals surface area contributed by atoms with Crippen molar-refractivity contribution in [1.82, 2.24) is 9.78 Å². The third-order valence-corrected chi connectivity index (χ3v) is 3.30. The zero-order chi connectivity index (χ0) is 13.4. The molecule has 1 aromatic carbocycles. The number of hydrogen-bond acceptors (Lipinski definition) is 4. The molecule has 0 fully saturated rings. The maximum absolute atomic E-state index is 10.2. The summed E-state index contributed by atoms with van der Waals surface area (Å²) in [6, 6.07) is 3.46. The first kappa shape index (κ1) is 12.3. The van der Waals surface area contributed by atoms with Crippen LogP contribution in [-0.4, -0.2) is 21.7 Å². The van der Waals surface area contributed by atoms with E-state index in [0.717, 1.165) is 5.56 Å². The normalized spacial score (nSPS) is 14.7. The second kappa shape index (κ2) is 4.75. The molecule has 2 heterocycles. The number of aliphatic hydroxyl groups is 1. The van der Waals surface area contributed by atoms with Crippen molar-refractivity contribution < 1.29 is 14.6 Å². The number of ether oxygens (including phenoxy) is 2. The van der Waals surface area contributed by atoms with Gasteiger partial charge in [-0.05, 0) is 23.3 Å². The van der Waals surface area contributed by atoms with Crippen LogP contribution in [0.1, 0.15) is 17.2 Å². The Hall–Kier alpha value is -1.72. The molecule has 1 aromatic heterocycles. The van der Waals surface area contributed by atoms with E-state index in [1.54, 1.807) is 23.0 Å². The van der Waals surface area contributed by atoms with E-state index in [4.69, 9.17) is 21.1 Å². The highest BCUT2D eigenvalue weighted by molar-refractivity contribution is 6.32. The lowest BCUT2D eigenvalue weighted by Gasteiger charge is -2.11. The average Bonchev–Trinajstić information content (AvgIpc) is 2.98. The molecule has 0 spiro atoms. The molecular formula is C13H13ClN2O3. The van der Waals surface area contributed by atoms with E-state index >= 15 is 0 Å². The van der Waals surface area contributed by atoms with Gasteiger partial charge in [0.05, 0.1) is 17.3 Å². The molecule has 19 heavy (non-hydrogen) atoms. The predicted molar refractivity (Wildman–Crippen MR) is 69.4 cm³/mol. The minimum atomic E-state index is -0.656. The van der Waals surface area contributed by atoms with Gasteiger partial charge in [-0.1, -0.05) is 11.6 Å². The first-order valence-electron chi connectivity index (χ1n) is 5.88. The molecule has 1 atom stereocenters. The molecule has 0 amide bonds. The van der Waals surface area contributed by atoms with Crippen LogP contribution in [0, 0.1) is 0 Å². The molecule has 0 bridgehead atoms. The minimum Gasteiger partial charge on any atom is -0.454 e. The fourth-order valence-corrected chi connectivity index (χ4v) is 2.37. The van der Waals surface area contributed by atoms with Gasteiger partial charge in [-0.15, -0.1) is 0 Å². The van der Waals surface area contributed by atoms with Gasteiger partial charge in [0.1, 0.15) is 0 Å². The van der Waals surface area contributed by atoms with Crippen molar-refractivity contribution >= 4 is 11.6 Å². The Morgan fingerprint density at radius 3 is 3.05 bits per heavy atom. The summed E-state index contributed by atoms with van der Waals surface area (Å²) in [7, 11) is 1.84. The van der Waals surface area contributed by atoms with E-state index in [1.165, 1.54) is 0 Å². The molecule has 100 valence electrons. The topological polar surface area (TPSA) is 56.5 Å². The summed E-state index contributed by atoms with van der Waals surface area (Å²) >= 11 is 6.09. The van der Waals surface area contributed by atoms with Crippen LogP contribution in [-0.2, 0) is 13.5 Å². The number of aryl methyl sites for hydroxylation is 1. The Bertz CT molecular complexity index is 612. The molecule has 1 aliphatic heterocycles. The fourth-order valence-electron chi connectivity index (χ4n) is 2.10. The quantitative estimate of drug-likeness (QED) is 0.935. The van der Waals surface area contributed by atoms with Crippen molar-refractivity contribution in [2.24, 2.45) is 7.05 Å². The second-order valence-electron chi connectivity index (χ2n) is 4.48. The molecule has 5 nitrogen and oxygen atoms in total. The molecule has 2 aromatic rings. The first-order valence-corrected chi connectivity index (χ1v) is 6.26. The molecule has 6 heteroatoms. The molecule has 1 N–H and O–H groups in total. The molecule has 3 rings (SSSR count). The summed E-state index contributed by atoms with van der Waals surface area (Å²) in [4.78, 5) is 0. The highest BCUT2D eigenvalue weighted by Crippen LogP contribution is 2.41. The van der Waals surface area contributed by atoms with E-state index in [1.807, 2.05) is 13.2 Å². The predicted octanol–water partition coefficient (Wildman–Crippen LogP) is 2.08. The van der Waals surface area contributed by atoms with Crippen LogP contribution in [0.4, 0.5) is 0 Å². The SMILES string of the molecule is Cn1cc(CC(O)c2cc(Cl)c3c(c2)OCO3)cn1.